The first kappa shape index (κ1) is 24.1. The van der Waals surface area contributed by atoms with Crippen LogP contribution in [0.5, 0.6) is 0 Å². The third-order valence-corrected chi connectivity index (χ3v) is 8.72. The molecule has 1 amide bonds. The van der Waals surface area contributed by atoms with Crippen LogP contribution in [0.1, 0.15) is 42.3 Å². The Morgan fingerprint density at radius 1 is 1.21 bits per heavy atom. The van der Waals surface area contributed by atoms with E-state index in [2.05, 4.69) is 47.1 Å². The molecule has 2 atom stereocenters. The molecule has 0 aliphatic carbocycles. The normalized spacial score (nSPS) is 20.1. The zero-order chi connectivity index (χ0) is 24.7. The predicted octanol–water partition coefficient (Wildman–Crippen LogP) is 3.74. The first-order valence-corrected chi connectivity index (χ1v) is 13.5. The van der Waals surface area contributed by atoms with Crippen LogP contribution in [-0.2, 0) is 9.52 Å². The SMILES string of the molecule is C=S(=O)(CC)c1cccc(-c2cc(C(=O)NCCNC)c(C)c3c2C2=CC(C)=CNC2(C)N3)c1. The summed E-state index contributed by atoms with van der Waals surface area (Å²) in [6, 6.07) is 9.74. The highest BCUT2D eigenvalue weighted by atomic mass is 32.2. The summed E-state index contributed by atoms with van der Waals surface area (Å²) in [6.45, 7) is 9.28. The van der Waals surface area contributed by atoms with Gasteiger partial charge in [-0.2, -0.15) is 0 Å². The van der Waals surface area contributed by atoms with E-state index in [9.17, 15) is 9.00 Å². The van der Waals surface area contributed by atoms with Crippen LogP contribution in [0.25, 0.3) is 16.7 Å². The number of hydrogen-bond acceptors (Lipinski definition) is 5. The number of benzene rings is 2. The van der Waals surface area contributed by atoms with Gasteiger partial charge in [0.1, 0.15) is 5.66 Å². The zero-order valence-electron chi connectivity index (χ0n) is 20.6. The summed E-state index contributed by atoms with van der Waals surface area (Å²) in [5.74, 6) is 4.33. The van der Waals surface area contributed by atoms with Crippen LogP contribution in [0, 0.1) is 6.92 Å². The number of amides is 1. The molecule has 0 bridgehead atoms. The minimum atomic E-state index is -2.37. The lowest BCUT2D eigenvalue weighted by Gasteiger charge is -2.31. The molecular weight excluding hydrogens is 444 g/mol. The molecule has 0 radical (unpaired) electrons. The molecule has 2 aliphatic heterocycles. The summed E-state index contributed by atoms with van der Waals surface area (Å²) in [6.07, 6.45) is 4.19. The number of nitrogens with one attached hydrogen (secondary N) is 4. The van der Waals surface area contributed by atoms with Crippen molar-refractivity contribution in [3.05, 3.63) is 64.9 Å². The minimum absolute atomic E-state index is 0.111. The summed E-state index contributed by atoms with van der Waals surface area (Å²) in [5, 5.41) is 13.2. The lowest BCUT2D eigenvalue weighted by atomic mass is 9.86. The van der Waals surface area contributed by atoms with Crippen molar-refractivity contribution in [1.82, 2.24) is 16.0 Å². The molecule has 34 heavy (non-hydrogen) atoms. The topological polar surface area (TPSA) is 82.3 Å². The summed E-state index contributed by atoms with van der Waals surface area (Å²) < 4.78 is 13.0. The molecule has 0 aromatic heterocycles. The Kier molecular flexibility index (Phi) is 6.36. The molecule has 2 unspecified atom stereocenters. The van der Waals surface area contributed by atoms with Gasteiger partial charge >= 0.3 is 0 Å². The van der Waals surface area contributed by atoms with Crippen LogP contribution in [0.3, 0.4) is 0 Å². The van der Waals surface area contributed by atoms with E-state index in [1.807, 2.05) is 57.4 Å². The molecule has 2 aromatic carbocycles. The van der Waals surface area contributed by atoms with E-state index < -0.39 is 15.2 Å². The Bertz CT molecular complexity index is 1320. The highest BCUT2D eigenvalue weighted by molar-refractivity contribution is 8.00. The second-order valence-corrected chi connectivity index (χ2v) is 11.8. The van der Waals surface area contributed by atoms with Gasteiger partial charge in [-0.15, -0.1) is 0 Å². The number of carbonyl (C=O) groups excluding carboxylic acids is 1. The number of likely N-dealkylation sites (N-methyl/N-ethyl adjacent to an activating group) is 1. The van der Waals surface area contributed by atoms with Gasteiger partial charge in [0.15, 0.2) is 0 Å². The van der Waals surface area contributed by atoms with Crippen LogP contribution in [-0.4, -0.2) is 47.5 Å². The zero-order valence-corrected chi connectivity index (χ0v) is 21.4. The smallest absolute Gasteiger partial charge is 0.251 e. The Morgan fingerprint density at radius 3 is 2.68 bits per heavy atom. The second-order valence-electron chi connectivity index (χ2n) is 9.18. The van der Waals surface area contributed by atoms with Crippen molar-refractivity contribution in [1.29, 1.82) is 0 Å². The standard InChI is InChI=1S/C27H34N4O2S/c1-7-34(6,33)20-10-8-9-19(14-20)22-15-21(26(32)29-12-11-28-5)18(3)25-24(22)23-13-17(2)16-30-27(23,4)31-25/h8-10,13-16,28,30-31H,6-7,11-12H2,1-5H3,(H,29,32). The number of carbonyl (C=O) groups is 1. The van der Waals surface area contributed by atoms with Crippen molar-refractivity contribution in [2.75, 3.05) is 31.2 Å². The monoisotopic (exact) mass is 478 g/mol. The minimum Gasteiger partial charge on any atom is -0.365 e. The van der Waals surface area contributed by atoms with Gasteiger partial charge < -0.3 is 21.3 Å². The van der Waals surface area contributed by atoms with E-state index in [0.717, 1.165) is 44.0 Å². The van der Waals surface area contributed by atoms with Gasteiger partial charge in [0.25, 0.3) is 5.91 Å². The third kappa shape index (κ3) is 4.14. The van der Waals surface area contributed by atoms with Gasteiger partial charge in [0.05, 0.1) is 0 Å². The van der Waals surface area contributed by atoms with E-state index in [1.54, 1.807) is 0 Å². The van der Waals surface area contributed by atoms with Crippen LogP contribution in [0.4, 0.5) is 5.69 Å². The molecular formula is C27H34N4O2S. The molecule has 4 N–H and O–H groups in total. The van der Waals surface area contributed by atoms with E-state index in [1.165, 1.54) is 0 Å². The van der Waals surface area contributed by atoms with Gasteiger partial charge in [0, 0.05) is 52.3 Å². The van der Waals surface area contributed by atoms with E-state index in [-0.39, 0.29) is 5.91 Å². The lowest BCUT2D eigenvalue weighted by Crippen LogP contribution is -2.45. The molecule has 0 saturated carbocycles. The van der Waals surface area contributed by atoms with Crippen molar-refractivity contribution in [3.63, 3.8) is 0 Å². The van der Waals surface area contributed by atoms with Crippen LogP contribution < -0.4 is 21.3 Å². The van der Waals surface area contributed by atoms with E-state index in [0.29, 0.717) is 24.4 Å². The van der Waals surface area contributed by atoms with Crippen LogP contribution in [0.2, 0.25) is 0 Å². The number of hydrogen-bond donors (Lipinski definition) is 4. The Balaban J connectivity index is 1.95. The summed E-state index contributed by atoms with van der Waals surface area (Å²) in [7, 11) is -0.515. The molecule has 0 saturated heterocycles. The fraction of sp³-hybridized carbons (Fsp3) is 0.333. The molecule has 0 fully saturated rings. The van der Waals surface area contributed by atoms with Crippen molar-refractivity contribution in [2.24, 2.45) is 0 Å². The van der Waals surface area contributed by atoms with E-state index >= 15 is 0 Å². The average molecular weight is 479 g/mol. The Hall–Kier alpha value is -3.03. The first-order valence-electron chi connectivity index (χ1n) is 11.6. The maximum atomic E-state index is 13.2. The summed E-state index contributed by atoms with van der Waals surface area (Å²) in [4.78, 5) is 13.9. The fourth-order valence-electron chi connectivity index (χ4n) is 4.56. The number of dihydropyridines is 1. The number of anilines is 1. The van der Waals surface area contributed by atoms with Gasteiger partial charge in [-0.1, -0.05) is 19.1 Å². The first-order chi connectivity index (χ1) is 16.1. The third-order valence-electron chi connectivity index (χ3n) is 6.68. The highest BCUT2D eigenvalue weighted by Gasteiger charge is 2.41. The Labute approximate surface area is 202 Å². The quantitative estimate of drug-likeness (QED) is 0.360. The van der Waals surface area contributed by atoms with Gasteiger partial charge in [0.2, 0.25) is 0 Å². The molecule has 2 aliphatic rings. The molecule has 2 heterocycles. The van der Waals surface area contributed by atoms with Crippen molar-refractivity contribution >= 4 is 32.6 Å². The lowest BCUT2D eigenvalue weighted by molar-refractivity contribution is 0.0953. The second kappa shape index (κ2) is 8.96. The van der Waals surface area contributed by atoms with Gasteiger partial charge in [-0.25, -0.2) is 0 Å². The Morgan fingerprint density at radius 2 is 1.97 bits per heavy atom. The number of fused-ring (bicyclic) bond motifs is 3. The highest BCUT2D eigenvalue weighted by Crippen LogP contribution is 2.49. The predicted molar refractivity (Wildman–Crippen MR) is 144 cm³/mol. The number of allylic oxidation sites excluding steroid dienone is 2. The molecule has 2 aromatic rings. The van der Waals surface area contributed by atoms with Crippen LogP contribution in [0.15, 0.2) is 53.1 Å². The van der Waals surface area contributed by atoms with Crippen molar-refractivity contribution in [3.8, 4) is 11.1 Å². The van der Waals surface area contributed by atoms with Gasteiger partial charge in [-0.05, 0) is 89.7 Å². The fourth-order valence-corrected chi connectivity index (χ4v) is 5.57. The molecule has 180 valence electrons. The molecule has 4 rings (SSSR count). The largest absolute Gasteiger partial charge is 0.365 e. The van der Waals surface area contributed by atoms with Crippen LogP contribution >= 0.6 is 0 Å². The molecule has 0 spiro atoms. The molecule has 7 heteroatoms. The number of rotatable bonds is 7. The average Bonchev–Trinajstić information content (AvgIpc) is 3.13. The maximum absolute atomic E-state index is 13.2. The van der Waals surface area contributed by atoms with E-state index in [4.69, 9.17) is 0 Å². The summed E-state index contributed by atoms with van der Waals surface area (Å²) >= 11 is 0. The maximum Gasteiger partial charge on any atom is 0.251 e. The van der Waals surface area contributed by atoms with Crippen molar-refractivity contribution < 1.29 is 9.00 Å². The summed E-state index contributed by atoms with van der Waals surface area (Å²) in [5.41, 5.74) is 7.16. The van der Waals surface area contributed by atoms with Crippen molar-refractivity contribution in [2.45, 2.75) is 38.3 Å². The molecule has 6 nitrogen and oxygen atoms in total. The van der Waals surface area contributed by atoms with Gasteiger partial charge in [-0.3, -0.25) is 9.00 Å².